The topological polar surface area (TPSA) is 72.2 Å². The number of benzene rings is 1. The van der Waals surface area contributed by atoms with Gasteiger partial charge in [0.2, 0.25) is 0 Å². The number of carboxylic acid groups (broad SMARTS) is 1. The molecule has 0 radical (unpaired) electrons. The predicted octanol–water partition coefficient (Wildman–Crippen LogP) is 2.17. The van der Waals surface area contributed by atoms with E-state index in [0.29, 0.717) is 5.16 Å². The van der Waals surface area contributed by atoms with Crippen molar-refractivity contribution in [3.8, 4) is 5.69 Å². The molecule has 0 aliphatic rings. The smallest absolute Gasteiger partial charge is 0.313 e. The molecule has 0 saturated carbocycles. The van der Waals surface area contributed by atoms with Gasteiger partial charge in [0.15, 0.2) is 5.16 Å². The van der Waals surface area contributed by atoms with Crippen LogP contribution in [-0.2, 0) is 4.79 Å². The van der Waals surface area contributed by atoms with Gasteiger partial charge in [-0.25, -0.2) is 0 Å². The molecule has 0 spiro atoms. The summed E-state index contributed by atoms with van der Waals surface area (Å²) in [5.74, 6) is -1.10. The molecule has 1 N–H and O–H groups in total. The molecular weight excluding hydrogens is 332 g/mol. The van der Waals surface area contributed by atoms with Gasteiger partial charge in [-0.3, -0.25) is 14.2 Å². The Morgan fingerprint density at radius 2 is 2.00 bits per heavy atom. The molecule has 0 aliphatic carbocycles. The van der Waals surface area contributed by atoms with Gasteiger partial charge >= 0.3 is 5.97 Å². The minimum Gasteiger partial charge on any atom is -0.481 e. The molecular formula is C12H9BrN2O3S. The third kappa shape index (κ3) is 3.68. The molecule has 5 nitrogen and oxygen atoms in total. The predicted molar refractivity (Wildman–Crippen MR) is 75.9 cm³/mol. The third-order valence-corrected chi connectivity index (χ3v) is 3.67. The lowest BCUT2D eigenvalue weighted by Gasteiger charge is -2.10. The van der Waals surface area contributed by atoms with Crippen LogP contribution < -0.4 is 5.56 Å². The van der Waals surface area contributed by atoms with Crippen molar-refractivity contribution < 1.29 is 9.90 Å². The number of hydrogen-bond donors (Lipinski definition) is 1. The van der Waals surface area contributed by atoms with Gasteiger partial charge in [0.25, 0.3) is 5.56 Å². The van der Waals surface area contributed by atoms with Crippen LogP contribution in [0, 0.1) is 0 Å². The van der Waals surface area contributed by atoms with E-state index in [4.69, 9.17) is 5.11 Å². The lowest BCUT2D eigenvalue weighted by atomic mass is 10.3. The Hall–Kier alpha value is -1.60. The number of thioether (sulfide) groups is 1. The molecule has 7 heteroatoms. The van der Waals surface area contributed by atoms with Gasteiger partial charge in [-0.15, -0.1) is 0 Å². The number of carbonyl (C=O) groups is 1. The van der Waals surface area contributed by atoms with E-state index in [1.54, 1.807) is 10.8 Å². The van der Waals surface area contributed by atoms with Gasteiger partial charge in [0, 0.05) is 22.4 Å². The molecule has 2 rings (SSSR count). The molecule has 19 heavy (non-hydrogen) atoms. The molecule has 1 aromatic heterocycles. The van der Waals surface area contributed by atoms with Crippen molar-refractivity contribution in [3.05, 3.63) is 51.4 Å². The summed E-state index contributed by atoms with van der Waals surface area (Å²) in [6, 6.07) is 8.76. The molecule has 0 unspecified atom stereocenters. The molecule has 1 heterocycles. The maximum atomic E-state index is 11.3. The lowest BCUT2D eigenvalue weighted by Crippen LogP contribution is -2.13. The van der Waals surface area contributed by atoms with E-state index in [0.717, 1.165) is 21.9 Å². The Bertz CT molecular complexity index is 655. The second-order valence-electron chi connectivity index (χ2n) is 3.58. The fourth-order valence-electron chi connectivity index (χ4n) is 1.41. The molecule has 0 bridgehead atoms. The van der Waals surface area contributed by atoms with E-state index in [1.807, 2.05) is 24.3 Å². The van der Waals surface area contributed by atoms with Crippen molar-refractivity contribution in [1.82, 2.24) is 9.55 Å². The second-order valence-corrected chi connectivity index (χ2v) is 5.44. The monoisotopic (exact) mass is 340 g/mol. The minimum atomic E-state index is -0.953. The normalized spacial score (nSPS) is 10.4. The number of halogens is 1. The summed E-state index contributed by atoms with van der Waals surface area (Å²) in [6.07, 6.45) is 1.59. The average molecular weight is 341 g/mol. The van der Waals surface area contributed by atoms with E-state index in [9.17, 15) is 9.59 Å². The summed E-state index contributed by atoms with van der Waals surface area (Å²) < 4.78 is 2.62. The van der Waals surface area contributed by atoms with Gasteiger partial charge in [-0.2, -0.15) is 4.98 Å². The number of aromatic nitrogens is 2. The van der Waals surface area contributed by atoms with Gasteiger partial charge in [0.05, 0.1) is 5.75 Å². The summed E-state index contributed by atoms with van der Waals surface area (Å²) in [5, 5.41) is 9.06. The molecule has 0 fully saturated rings. The number of nitrogens with zero attached hydrogens (tertiary/aromatic N) is 2. The highest BCUT2D eigenvalue weighted by Gasteiger charge is 2.08. The van der Waals surface area contributed by atoms with E-state index < -0.39 is 5.97 Å². The van der Waals surface area contributed by atoms with Crippen LogP contribution in [0.15, 0.2) is 51.0 Å². The van der Waals surface area contributed by atoms with Crippen molar-refractivity contribution in [2.75, 3.05) is 5.75 Å². The van der Waals surface area contributed by atoms with Crippen LogP contribution in [0.2, 0.25) is 0 Å². The first kappa shape index (κ1) is 13.8. The Kier molecular flexibility index (Phi) is 4.39. The van der Waals surface area contributed by atoms with Crippen molar-refractivity contribution in [1.29, 1.82) is 0 Å². The van der Waals surface area contributed by atoms with Crippen molar-refractivity contribution in [2.24, 2.45) is 0 Å². The molecule has 0 amide bonds. The van der Waals surface area contributed by atoms with Crippen LogP contribution in [-0.4, -0.2) is 26.4 Å². The molecule has 2 aromatic rings. The third-order valence-electron chi connectivity index (χ3n) is 2.21. The van der Waals surface area contributed by atoms with Crippen LogP contribution in [0.4, 0.5) is 0 Å². The summed E-state index contributed by atoms with van der Waals surface area (Å²) in [4.78, 5) is 25.7. The number of aliphatic carboxylic acids is 1. The maximum Gasteiger partial charge on any atom is 0.313 e. The Balaban J connectivity index is 2.41. The zero-order valence-electron chi connectivity index (χ0n) is 9.62. The first-order valence-corrected chi connectivity index (χ1v) is 7.04. The standard InChI is InChI=1S/C12H9BrN2O3S/c13-8-1-3-9(4-2-8)15-6-5-10(16)14-12(15)19-7-11(17)18/h1-6H,7H2,(H,17,18). The fourth-order valence-corrected chi connectivity index (χ4v) is 2.39. The first-order chi connectivity index (χ1) is 9.06. The number of carboxylic acids is 1. The fraction of sp³-hybridized carbons (Fsp3) is 0.0833. The second kappa shape index (κ2) is 6.03. The summed E-state index contributed by atoms with van der Waals surface area (Å²) in [6.45, 7) is 0. The van der Waals surface area contributed by atoms with Gasteiger partial charge in [-0.05, 0) is 24.3 Å². The van der Waals surface area contributed by atoms with Crippen LogP contribution >= 0.6 is 27.7 Å². The van der Waals surface area contributed by atoms with Crippen molar-refractivity contribution in [2.45, 2.75) is 5.16 Å². The van der Waals surface area contributed by atoms with Gasteiger partial charge in [0.1, 0.15) is 0 Å². The van der Waals surface area contributed by atoms with E-state index in [-0.39, 0.29) is 11.3 Å². The highest BCUT2D eigenvalue weighted by atomic mass is 79.9. The summed E-state index contributed by atoms with van der Waals surface area (Å²) in [5.41, 5.74) is 0.421. The molecule has 0 aliphatic heterocycles. The van der Waals surface area contributed by atoms with Gasteiger partial charge in [-0.1, -0.05) is 27.7 Å². The Morgan fingerprint density at radius 3 is 2.63 bits per heavy atom. The highest BCUT2D eigenvalue weighted by molar-refractivity contribution is 9.10. The summed E-state index contributed by atoms with van der Waals surface area (Å²) in [7, 11) is 0. The Morgan fingerprint density at radius 1 is 1.32 bits per heavy atom. The number of rotatable bonds is 4. The van der Waals surface area contributed by atoms with E-state index >= 15 is 0 Å². The largest absolute Gasteiger partial charge is 0.481 e. The SMILES string of the molecule is O=C(O)CSc1nc(=O)ccn1-c1ccc(Br)cc1. The summed E-state index contributed by atoms with van der Waals surface area (Å²) >= 11 is 4.35. The molecule has 98 valence electrons. The molecule has 0 atom stereocenters. The van der Waals surface area contributed by atoms with Crippen molar-refractivity contribution in [3.63, 3.8) is 0 Å². The van der Waals surface area contributed by atoms with Crippen LogP contribution in [0.3, 0.4) is 0 Å². The maximum absolute atomic E-state index is 11.3. The highest BCUT2D eigenvalue weighted by Crippen LogP contribution is 2.20. The molecule has 0 saturated heterocycles. The quantitative estimate of drug-likeness (QED) is 0.682. The van der Waals surface area contributed by atoms with Crippen LogP contribution in [0.25, 0.3) is 5.69 Å². The number of hydrogen-bond acceptors (Lipinski definition) is 4. The van der Waals surface area contributed by atoms with Crippen LogP contribution in [0.5, 0.6) is 0 Å². The molecule has 1 aromatic carbocycles. The first-order valence-electron chi connectivity index (χ1n) is 5.26. The van der Waals surface area contributed by atoms with Crippen molar-refractivity contribution >= 4 is 33.7 Å². The lowest BCUT2D eigenvalue weighted by molar-refractivity contribution is -0.133. The van der Waals surface area contributed by atoms with Gasteiger partial charge < -0.3 is 5.11 Å². The Labute approximate surface area is 121 Å². The van der Waals surface area contributed by atoms with E-state index in [2.05, 4.69) is 20.9 Å². The minimum absolute atomic E-state index is 0.146. The van der Waals surface area contributed by atoms with E-state index in [1.165, 1.54) is 6.07 Å². The zero-order valence-corrected chi connectivity index (χ0v) is 12.0. The zero-order chi connectivity index (χ0) is 13.8. The average Bonchev–Trinajstić information content (AvgIpc) is 2.38. The van der Waals surface area contributed by atoms with Crippen LogP contribution in [0.1, 0.15) is 0 Å².